The number of para-hydroxylation sites is 1. The van der Waals surface area contributed by atoms with E-state index in [2.05, 4.69) is 30.3 Å². The highest BCUT2D eigenvalue weighted by Crippen LogP contribution is 2.41. The Kier molecular flexibility index (Phi) is 3.35. The van der Waals surface area contributed by atoms with E-state index in [0.29, 0.717) is 6.10 Å². The molecule has 17 heavy (non-hydrogen) atoms. The first-order valence-electron chi connectivity index (χ1n) is 7.15. The highest BCUT2D eigenvalue weighted by molar-refractivity contribution is 5.21. The van der Waals surface area contributed by atoms with Crippen LogP contribution in [-0.2, 0) is 0 Å². The van der Waals surface area contributed by atoms with Crippen LogP contribution in [-0.4, -0.2) is 6.10 Å². The molecule has 0 saturated heterocycles. The highest BCUT2D eigenvalue weighted by Gasteiger charge is 2.35. The van der Waals surface area contributed by atoms with E-state index in [1.807, 2.05) is 0 Å². The molecule has 0 amide bonds. The lowest BCUT2D eigenvalue weighted by Crippen LogP contribution is -2.38. The lowest BCUT2D eigenvalue weighted by Gasteiger charge is -2.41. The van der Waals surface area contributed by atoms with Crippen LogP contribution in [0.3, 0.4) is 0 Å². The molecule has 2 aliphatic carbocycles. The molecule has 0 aliphatic heterocycles. The van der Waals surface area contributed by atoms with Gasteiger partial charge in [0.05, 0.1) is 0 Å². The van der Waals surface area contributed by atoms with Crippen LogP contribution in [0.15, 0.2) is 30.3 Å². The fourth-order valence-corrected chi connectivity index (χ4v) is 3.70. The summed E-state index contributed by atoms with van der Waals surface area (Å²) in [5, 5.41) is 0. The molecule has 3 rings (SSSR count). The maximum atomic E-state index is 6.22. The standard InChI is InChI=1S/C16H22O/c1-2-9-14(10-3-1)17-16-12-6-8-13-7-4-5-11-15(13)16/h1-3,9-10,13,15-16H,4-8,11-12H2. The molecule has 92 valence electrons. The van der Waals surface area contributed by atoms with Crippen LogP contribution in [0.4, 0.5) is 0 Å². The number of hydrogen-bond acceptors (Lipinski definition) is 1. The summed E-state index contributed by atoms with van der Waals surface area (Å²) >= 11 is 0. The van der Waals surface area contributed by atoms with Gasteiger partial charge in [0, 0.05) is 0 Å². The zero-order valence-electron chi connectivity index (χ0n) is 10.5. The Morgan fingerprint density at radius 2 is 1.59 bits per heavy atom. The van der Waals surface area contributed by atoms with Crippen LogP contribution >= 0.6 is 0 Å². The van der Waals surface area contributed by atoms with E-state index >= 15 is 0 Å². The summed E-state index contributed by atoms with van der Waals surface area (Å²) in [5.41, 5.74) is 0. The van der Waals surface area contributed by atoms with Crippen molar-refractivity contribution in [2.75, 3.05) is 0 Å². The molecule has 0 spiro atoms. The topological polar surface area (TPSA) is 9.23 Å². The quantitative estimate of drug-likeness (QED) is 0.730. The van der Waals surface area contributed by atoms with Crippen LogP contribution in [0.25, 0.3) is 0 Å². The van der Waals surface area contributed by atoms with Crippen molar-refractivity contribution in [3.05, 3.63) is 30.3 Å². The molecular formula is C16H22O. The number of hydrogen-bond donors (Lipinski definition) is 0. The van der Waals surface area contributed by atoms with E-state index in [9.17, 15) is 0 Å². The summed E-state index contributed by atoms with van der Waals surface area (Å²) in [5.74, 6) is 2.84. The summed E-state index contributed by atoms with van der Waals surface area (Å²) in [7, 11) is 0. The Morgan fingerprint density at radius 1 is 0.824 bits per heavy atom. The van der Waals surface area contributed by atoms with E-state index in [-0.39, 0.29) is 0 Å². The first-order valence-corrected chi connectivity index (χ1v) is 7.15. The number of fused-ring (bicyclic) bond motifs is 1. The monoisotopic (exact) mass is 230 g/mol. The zero-order valence-corrected chi connectivity index (χ0v) is 10.5. The van der Waals surface area contributed by atoms with Gasteiger partial charge in [-0.05, 0) is 49.7 Å². The third-order valence-electron chi connectivity index (χ3n) is 4.54. The third-order valence-corrected chi connectivity index (χ3v) is 4.54. The smallest absolute Gasteiger partial charge is 0.119 e. The van der Waals surface area contributed by atoms with Gasteiger partial charge in [-0.1, -0.05) is 37.5 Å². The highest BCUT2D eigenvalue weighted by atomic mass is 16.5. The van der Waals surface area contributed by atoms with Crippen LogP contribution in [0.1, 0.15) is 44.9 Å². The second-order valence-electron chi connectivity index (χ2n) is 5.61. The molecule has 3 atom stereocenters. The van der Waals surface area contributed by atoms with Gasteiger partial charge >= 0.3 is 0 Å². The fourth-order valence-electron chi connectivity index (χ4n) is 3.70. The molecule has 0 aromatic heterocycles. The van der Waals surface area contributed by atoms with Crippen molar-refractivity contribution in [2.45, 2.75) is 51.0 Å². The summed E-state index contributed by atoms with van der Waals surface area (Å²) < 4.78 is 6.22. The van der Waals surface area contributed by atoms with Gasteiger partial charge in [-0.25, -0.2) is 0 Å². The Labute approximate surface area is 104 Å². The third kappa shape index (κ3) is 2.48. The zero-order chi connectivity index (χ0) is 11.5. The minimum Gasteiger partial charge on any atom is -0.490 e. The average molecular weight is 230 g/mol. The molecular weight excluding hydrogens is 208 g/mol. The summed E-state index contributed by atoms with van der Waals surface area (Å²) in [4.78, 5) is 0. The first kappa shape index (κ1) is 11.1. The molecule has 0 N–H and O–H groups in total. The minimum absolute atomic E-state index is 0.483. The van der Waals surface area contributed by atoms with Gasteiger partial charge in [0.2, 0.25) is 0 Å². The van der Waals surface area contributed by atoms with Crippen LogP contribution in [0, 0.1) is 11.8 Å². The van der Waals surface area contributed by atoms with E-state index in [0.717, 1.165) is 17.6 Å². The lowest BCUT2D eigenvalue weighted by atomic mass is 9.69. The maximum Gasteiger partial charge on any atom is 0.119 e. The predicted molar refractivity (Wildman–Crippen MR) is 70.2 cm³/mol. The normalized spacial score (nSPS) is 32.8. The van der Waals surface area contributed by atoms with E-state index in [1.165, 1.54) is 44.9 Å². The Hall–Kier alpha value is -0.980. The number of rotatable bonds is 2. The SMILES string of the molecule is c1ccc(OC2CCCC3CCCCC32)cc1. The van der Waals surface area contributed by atoms with Crippen molar-refractivity contribution in [2.24, 2.45) is 11.8 Å². The van der Waals surface area contributed by atoms with Crippen LogP contribution < -0.4 is 4.74 Å². The largest absolute Gasteiger partial charge is 0.490 e. The Balaban J connectivity index is 1.69. The van der Waals surface area contributed by atoms with E-state index in [4.69, 9.17) is 4.74 Å². The number of benzene rings is 1. The van der Waals surface area contributed by atoms with Gasteiger partial charge in [0.25, 0.3) is 0 Å². The van der Waals surface area contributed by atoms with Gasteiger partial charge in [0.1, 0.15) is 11.9 Å². The van der Waals surface area contributed by atoms with Gasteiger partial charge in [-0.3, -0.25) is 0 Å². The minimum atomic E-state index is 0.483. The molecule has 1 nitrogen and oxygen atoms in total. The molecule has 2 saturated carbocycles. The summed E-state index contributed by atoms with van der Waals surface area (Å²) in [6.45, 7) is 0. The molecule has 3 unspecified atom stereocenters. The van der Waals surface area contributed by atoms with Crippen molar-refractivity contribution in [1.29, 1.82) is 0 Å². The Bertz CT molecular complexity index is 344. The second kappa shape index (κ2) is 5.12. The Morgan fingerprint density at radius 3 is 2.47 bits per heavy atom. The number of ether oxygens (including phenoxy) is 1. The van der Waals surface area contributed by atoms with Crippen molar-refractivity contribution in [1.82, 2.24) is 0 Å². The van der Waals surface area contributed by atoms with Crippen LogP contribution in [0.2, 0.25) is 0 Å². The van der Waals surface area contributed by atoms with Gasteiger partial charge in [-0.15, -0.1) is 0 Å². The molecule has 2 aliphatic rings. The molecule has 2 fully saturated rings. The molecule has 0 bridgehead atoms. The maximum absolute atomic E-state index is 6.22. The average Bonchev–Trinajstić information content (AvgIpc) is 2.40. The van der Waals surface area contributed by atoms with Crippen LogP contribution in [0.5, 0.6) is 5.75 Å². The van der Waals surface area contributed by atoms with Crippen molar-refractivity contribution < 1.29 is 4.74 Å². The molecule has 1 aromatic rings. The summed E-state index contributed by atoms with van der Waals surface area (Å²) in [6, 6.07) is 10.4. The fraction of sp³-hybridized carbons (Fsp3) is 0.625. The predicted octanol–water partition coefficient (Wildman–Crippen LogP) is 4.42. The molecule has 0 radical (unpaired) electrons. The van der Waals surface area contributed by atoms with Gasteiger partial charge in [-0.2, -0.15) is 0 Å². The second-order valence-corrected chi connectivity index (χ2v) is 5.61. The first-order chi connectivity index (χ1) is 8.43. The van der Waals surface area contributed by atoms with E-state index < -0.39 is 0 Å². The van der Waals surface area contributed by atoms with Crippen molar-refractivity contribution >= 4 is 0 Å². The molecule has 1 heteroatoms. The van der Waals surface area contributed by atoms with Crippen molar-refractivity contribution in [3.8, 4) is 5.75 Å². The molecule has 1 aromatic carbocycles. The molecule has 0 heterocycles. The van der Waals surface area contributed by atoms with E-state index in [1.54, 1.807) is 0 Å². The van der Waals surface area contributed by atoms with Gasteiger partial charge < -0.3 is 4.74 Å². The van der Waals surface area contributed by atoms with Gasteiger partial charge in [0.15, 0.2) is 0 Å². The summed E-state index contributed by atoms with van der Waals surface area (Å²) in [6.07, 6.45) is 10.2. The lowest BCUT2D eigenvalue weighted by molar-refractivity contribution is 0.0277. The van der Waals surface area contributed by atoms with Crippen molar-refractivity contribution in [3.63, 3.8) is 0 Å².